The summed E-state index contributed by atoms with van der Waals surface area (Å²) in [7, 11) is 0. The van der Waals surface area contributed by atoms with E-state index >= 15 is 0 Å². The highest BCUT2D eigenvalue weighted by Gasteiger charge is 2.25. The molecular formula is C19H24BrClN2O2. The van der Waals surface area contributed by atoms with Gasteiger partial charge < -0.3 is 15.4 Å². The molecule has 25 heavy (non-hydrogen) atoms. The minimum atomic E-state index is 0. The van der Waals surface area contributed by atoms with E-state index in [1.54, 1.807) is 0 Å². The van der Waals surface area contributed by atoms with E-state index in [2.05, 4.69) is 22.0 Å². The quantitative estimate of drug-likeness (QED) is 0.802. The fraction of sp³-hybridized carbons (Fsp3) is 0.421. The number of ether oxygens (including phenoxy) is 1. The molecule has 2 unspecified atom stereocenters. The number of nitrogens with two attached hydrogens (primary N) is 1. The maximum atomic E-state index is 12.4. The normalized spacial score (nSPS) is 18.5. The number of carbonyl (C=O) groups excluding carboxylic acids is 1. The van der Waals surface area contributed by atoms with Gasteiger partial charge in [0.1, 0.15) is 5.75 Å². The number of amides is 1. The molecule has 1 saturated heterocycles. The molecule has 4 nitrogen and oxygen atoms in total. The molecule has 6 heteroatoms. The largest absolute Gasteiger partial charge is 0.484 e. The van der Waals surface area contributed by atoms with Crippen LogP contribution in [0.1, 0.15) is 19.8 Å². The molecule has 1 aliphatic rings. The summed E-state index contributed by atoms with van der Waals surface area (Å²) in [5.74, 6) is 1.15. The van der Waals surface area contributed by atoms with Crippen molar-refractivity contribution in [3.05, 3.63) is 40.9 Å². The van der Waals surface area contributed by atoms with E-state index in [0.717, 1.165) is 46.9 Å². The van der Waals surface area contributed by atoms with Gasteiger partial charge in [-0.2, -0.15) is 0 Å². The van der Waals surface area contributed by atoms with Gasteiger partial charge >= 0.3 is 0 Å². The summed E-state index contributed by atoms with van der Waals surface area (Å²) in [5, 5.41) is 2.23. The van der Waals surface area contributed by atoms with E-state index in [-0.39, 0.29) is 31.0 Å². The molecule has 2 N–H and O–H groups in total. The third kappa shape index (κ3) is 5.09. The number of carbonyl (C=O) groups is 1. The molecule has 0 radical (unpaired) electrons. The number of hydrogen-bond donors (Lipinski definition) is 1. The highest BCUT2D eigenvalue weighted by molar-refractivity contribution is 9.10. The molecule has 2 aromatic carbocycles. The Morgan fingerprint density at radius 2 is 2.04 bits per heavy atom. The fourth-order valence-electron chi connectivity index (χ4n) is 3.19. The van der Waals surface area contributed by atoms with Crippen LogP contribution in [0.5, 0.6) is 5.75 Å². The Hall–Kier alpha value is -1.30. The summed E-state index contributed by atoms with van der Waals surface area (Å²) in [6, 6.07) is 12.1. The van der Waals surface area contributed by atoms with Gasteiger partial charge in [0, 0.05) is 23.6 Å². The Balaban J connectivity index is 0.00000225. The lowest BCUT2D eigenvalue weighted by Gasteiger charge is -2.34. The van der Waals surface area contributed by atoms with Crippen LogP contribution in [0.15, 0.2) is 40.9 Å². The van der Waals surface area contributed by atoms with E-state index < -0.39 is 0 Å². The zero-order valence-electron chi connectivity index (χ0n) is 14.3. The Morgan fingerprint density at radius 1 is 1.32 bits per heavy atom. The molecule has 3 rings (SSSR count). The van der Waals surface area contributed by atoms with Crippen molar-refractivity contribution in [1.29, 1.82) is 0 Å². The van der Waals surface area contributed by atoms with Crippen LogP contribution >= 0.6 is 28.3 Å². The SMILES string of the molecule is CC(N)C1CCCN(C(=O)COc2ccc3cc(Br)ccc3c2)C1.Cl. The van der Waals surface area contributed by atoms with E-state index in [0.29, 0.717) is 5.92 Å². The van der Waals surface area contributed by atoms with Gasteiger partial charge in [-0.05, 0) is 60.7 Å². The van der Waals surface area contributed by atoms with Crippen molar-refractivity contribution in [2.24, 2.45) is 11.7 Å². The third-order valence-electron chi connectivity index (χ3n) is 4.69. The molecule has 1 fully saturated rings. The molecule has 0 bridgehead atoms. The first-order valence-electron chi connectivity index (χ1n) is 8.38. The van der Waals surface area contributed by atoms with Crippen molar-refractivity contribution < 1.29 is 9.53 Å². The van der Waals surface area contributed by atoms with Crippen LogP contribution in [0, 0.1) is 5.92 Å². The summed E-state index contributed by atoms with van der Waals surface area (Å²) in [6.07, 6.45) is 2.12. The summed E-state index contributed by atoms with van der Waals surface area (Å²) < 4.78 is 6.77. The Morgan fingerprint density at radius 3 is 2.80 bits per heavy atom. The lowest BCUT2D eigenvalue weighted by Crippen LogP contribution is -2.46. The Kier molecular flexibility index (Phi) is 7.11. The van der Waals surface area contributed by atoms with Gasteiger partial charge in [0.05, 0.1) is 0 Å². The number of halogens is 2. The number of likely N-dealkylation sites (tertiary alicyclic amines) is 1. The summed E-state index contributed by atoms with van der Waals surface area (Å²) >= 11 is 3.47. The lowest BCUT2D eigenvalue weighted by atomic mass is 9.92. The smallest absolute Gasteiger partial charge is 0.260 e. The third-order valence-corrected chi connectivity index (χ3v) is 5.18. The van der Waals surface area contributed by atoms with E-state index in [1.165, 1.54) is 0 Å². The zero-order valence-corrected chi connectivity index (χ0v) is 16.7. The molecule has 0 aliphatic carbocycles. The maximum absolute atomic E-state index is 12.4. The summed E-state index contributed by atoms with van der Waals surface area (Å²) in [5.41, 5.74) is 5.99. The molecule has 1 amide bonds. The van der Waals surface area contributed by atoms with Crippen LogP contribution < -0.4 is 10.5 Å². The molecule has 136 valence electrons. The predicted octanol–water partition coefficient (Wildman–Crippen LogP) is 3.99. The standard InChI is InChI=1S/C19H23BrN2O2.ClH/c1-13(21)16-3-2-8-22(11-16)19(23)12-24-18-7-5-14-9-17(20)6-4-15(14)10-18;/h4-7,9-10,13,16H,2-3,8,11-12,21H2,1H3;1H. The molecular weight excluding hydrogens is 404 g/mol. The number of hydrogen-bond acceptors (Lipinski definition) is 3. The first kappa shape index (κ1) is 20.0. The molecule has 2 aromatic rings. The fourth-order valence-corrected chi connectivity index (χ4v) is 3.57. The first-order chi connectivity index (χ1) is 11.5. The second-order valence-corrected chi connectivity index (χ2v) is 7.46. The highest BCUT2D eigenvalue weighted by atomic mass is 79.9. The van der Waals surface area contributed by atoms with Gasteiger partial charge in [0.2, 0.25) is 0 Å². The van der Waals surface area contributed by atoms with Crippen LogP contribution in [-0.2, 0) is 4.79 Å². The Bertz CT molecular complexity index is 738. The molecule has 0 spiro atoms. The average Bonchev–Trinajstić information content (AvgIpc) is 2.59. The minimum absolute atomic E-state index is 0. The van der Waals surface area contributed by atoms with E-state index in [1.807, 2.05) is 42.2 Å². The Labute approximate surface area is 163 Å². The number of rotatable bonds is 4. The van der Waals surface area contributed by atoms with Gasteiger partial charge in [-0.15, -0.1) is 12.4 Å². The molecule has 0 saturated carbocycles. The van der Waals surface area contributed by atoms with Crippen molar-refractivity contribution >= 4 is 45.0 Å². The number of nitrogens with zero attached hydrogens (tertiary/aromatic N) is 1. The van der Waals surface area contributed by atoms with E-state index in [4.69, 9.17) is 10.5 Å². The van der Waals surface area contributed by atoms with Crippen molar-refractivity contribution in [3.8, 4) is 5.75 Å². The minimum Gasteiger partial charge on any atom is -0.484 e. The molecule has 0 aromatic heterocycles. The average molecular weight is 428 g/mol. The van der Waals surface area contributed by atoms with Crippen LogP contribution in [0.4, 0.5) is 0 Å². The summed E-state index contributed by atoms with van der Waals surface area (Å²) in [4.78, 5) is 14.3. The lowest BCUT2D eigenvalue weighted by molar-refractivity contribution is -0.135. The van der Waals surface area contributed by atoms with Crippen molar-refractivity contribution in [2.45, 2.75) is 25.8 Å². The number of fused-ring (bicyclic) bond motifs is 1. The van der Waals surface area contributed by atoms with Crippen LogP contribution in [0.2, 0.25) is 0 Å². The van der Waals surface area contributed by atoms with Crippen molar-refractivity contribution in [3.63, 3.8) is 0 Å². The topological polar surface area (TPSA) is 55.6 Å². The van der Waals surface area contributed by atoms with Gasteiger partial charge in [-0.3, -0.25) is 4.79 Å². The monoisotopic (exact) mass is 426 g/mol. The van der Waals surface area contributed by atoms with Crippen LogP contribution in [0.25, 0.3) is 10.8 Å². The second-order valence-electron chi connectivity index (χ2n) is 6.54. The maximum Gasteiger partial charge on any atom is 0.260 e. The van der Waals surface area contributed by atoms with Crippen LogP contribution in [0.3, 0.4) is 0 Å². The number of piperidine rings is 1. The van der Waals surface area contributed by atoms with E-state index in [9.17, 15) is 4.79 Å². The van der Waals surface area contributed by atoms with Gasteiger partial charge in [-0.25, -0.2) is 0 Å². The summed E-state index contributed by atoms with van der Waals surface area (Å²) in [6.45, 7) is 3.64. The van der Waals surface area contributed by atoms with Crippen molar-refractivity contribution in [2.75, 3.05) is 19.7 Å². The highest BCUT2D eigenvalue weighted by Crippen LogP contribution is 2.24. The zero-order chi connectivity index (χ0) is 17.1. The van der Waals surface area contributed by atoms with Gasteiger partial charge in [0.15, 0.2) is 6.61 Å². The predicted molar refractivity (Wildman–Crippen MR) is 107 cm³/mol. The second kappa shape index (κ2) is 8.88. The first-order valence-corrected chi connectivity index (χ1v) is 9.18. The molecule has 1 heterocycles. The molecule has 1 aliphatic heterocycles. The molecule has 2 atom stereocenters. The van der Waals surface area contributed by atoms with Gasteiger partial charge in [-0.1, -0.05) is 28.1 Å². The van der Waals surface area contributed by atoms with Crippen molar-refractivity contribution in [1.82, 2.24) is 4.90 Å². The van der Waals surface area contributed by atoms with Crippen LogP contribution in [-0.4, -0.2) is 36.5 Å². The van der Waals surface area contributed by atoms with Gasteiger partial charge in [0.25, 0.3) is 5.91 Å². The number of benzene rings is 2.